The van der Waals surface area contributed by atoms with E-state index in [0.29, 0.717) is 0 Å². The van der Waals surface area contributed by atoms with E-state index >= 15 is 0 Å². The number of fused-ring (bicyclic) bond motifs is 2. The fourth-order valence-electron chi connectivity index (χ4n) is 4.17. The van der Waals surface area contributed by atoms with Crippen LogP contribution in [0.2, 0.25) is 6.04 Å². The molecule has 4 aromatic rings. The molecule has 0 bridgehead atoms. The Hall–Kier alpha value is -0.673. The van der Waals surface area contributed by atoms with Crippen LogP contribution in [0.3, 0.4) is 0 Å². The quantitative estimate of drug-likeness (QED) is 0.142. The zero-order valence-electron chi connectivity index (χ0n) is 20.8. The first-order valence-corrected chi connectivity index (χ1v) is 27.7. The summed E-state index contributed by atoms with van der Waals surface area (Å²) in [6.45, 7) is 11.0. The predicted octanol–water partition coefficient (Wildman–Crippen LogP) is 9.73. The van der Waals surface area contributed by atoms with Gasteiger partial charge in [0.25, 0.3) is 0 Å². The number of halogens is 2. The summed E-state index contributed by atoms with van der Waals surface area (Å²) in [6.07, 6.45) is 6.69. The molecule has 0 fully saturated rings. The molecular weight excluding hydrogens is 626 g/mol. The van der Waals surface area contributed by atoms with Gasteiger partial charge in [-0.05, 0) is 12.8 Å². The van der Waals surface area contributed by atoms with Gasteiger partial charge in [-0.1, -0.05) is 63.8 Å². The molecule has 4 rings (SSSR count). The van der Waals surface area contributed by atoms with E-state index in [9.17, 15) is 0 Å². The van der Waals surface area contributed by atoms with Crippen molar-refractivity contribution >= 4 is 44.9 Å². The summed E-state index contributed by atoms with van der Waals surface area (Å²) < 4.78 is 0. The molecule has 0 atom stereocenters. The van der Waals surface area contributed by atoms with Gasteiger partial charge in [0, 0.05) is 0 Å². The molecule has 0 aliphatic rings. The molecular formula is C29H37Cl2HfSi-2. The van der Waals surface area contributed by atoms with Crippen LogP contribution in [0.5, 0.6) is 0 Å². The van der Waals surface area contributed by atoms with Crippen molar-refractivity contribution in [2.75, 3.05) is 0 Å². The van der Waals surface area contributed by atoms with Crippen molar-refractivity contribution < 1.29 is 17.7 Å². The van der Waals surface area contributed by atoms with E-state index in [1.807, 2.05) is 0 Å². The SMILES string of the molecule is CCC[Si]=[Hf]([Cl])[Cl].CCc1ccc(CC)c2[cH-]ccc12.CCc1ccc(CC)c2[cH-]ccc12. The minimum Gasteiger partial charge on any atom is -0.168 e. The van der Waals surface area contributed by atoms with Gasteiger partial charge < -0.3 is 0 Å². The van der Waals surface area contributed by atoms with E-state index in [1.54, 1.807) is 0 Å². The van der Waals surface area contributed by atoms with Crippen LogP contribution in [0.25, 0.3) is 21.5 Å². The first-order chi connectivity index (χ1) is 16.0. The first-order valence-electron chi connectivity index (χ1n) is 12.2. The van der Waals surface area contributed by atoms with Gasteiger partial charge in [0.05, 0.1) is 0 Å². The van der Waals surface area contributed by atoms with Crippen LogP contribution in [0.1, 0.15) is 63.3 Å². The van der Waals surface area contributed by atoms with Gasteiger partial charge in [-0.25, -0.2) is 0 Å². The first kappa shape index (κ1) is 28.6. The molecule has 4 aromatic carbocycles. The van der Waals surface area contributed by atoms with Crippen molar-refractivity contribution in [1.82, 2.24) is 0 Å². The number of aryl methyl sites for hydroxylation is 4. The monoisotopic (exact) mass is 663 g/mol. The summed E-state index contributed by atoms with van der Waals surface area (Å²) in [4.78, 5) is 0. The fourth-order valence-corrected chi connectivity index (χ4v) is 14.0. The molecule has 0 N–H and O–H groups in total. The van der Waals surface area contributed by atoms with Crippen molar-refractivity contribution in [2.24, 2.45) is 0 Å². The van der Waals surface area contributed by atoms with E-state index in [2.05, 4.69) is 95.3 Å². The van der Waals surface area contributed by atoms with Gasteiger partial charge in [0.1, 0.15) is 0 Å². The third-order valence-corrected chi connectivity index (χ3v) is 19.2. The zero-order valence-corrected chi connectivity index (χ0v) is 26.9. The molecule has 0 amide bonds. The molecule has 1 radical (unpaired) electrons. The standard InChI is InChI=1S/2C13H15.C3H7Si.2ClH.Hf/c2*1-3-10-8-9-11(4-2)13-7-5-6-12(10)13;1-2-3-4;;;/h2*5-9H,3-4H2,1-2H3;2-3H2,1H3;2*1H;/q2*-1;;;;+2/p-2. The number of benzene rings is 2. The second-order valence-corrected chi connectivity index (χ2v) is 31.7. The Bertz CT molecular complexity index is 991. The summed E-state index contributed by atoms with van der Waals surface area (Å²) in [6, 6.07) is 23.5. The normalized spacial score (nSPS) is 10.4. The third-order valence-electron chi connectivity index (χ3n) is 6.02. The number of hydrogen-bond acceptors (Lipinski definition) is 0. The van der Waals surface area contributed by atoms with E-state index in [0.717, 1.165) is 31.9 Å². The average Bonchev–Trinajstić information content (AvgIpc) is 3.52. The van der Waals surface area contributed by atoms with Gasteiger partial charge >= 0.3 is 60.5 Å². The maximum Gasteiger partial charge on any atom is -0.0397 e. The zero-order chi connectivity index (χ0) is 24.2. The predicted molar refractivity (Wildman–Crippen MR) is 149 cm³/mol. The Kier molecular flexibility index (Phi) is 13.3. The minimum atomic E-state index is -1.80. The largest absolute Gasteiger partial charge is 0.168 e. The second kappa shape index (κ2) is 15.3. The van der Waals surface area contributed by atoms with Gasteiger partial charge in [-0.2, -0.15) is 24.3 Å². The van der Waals surface area contributed by atoms with Gasteiger partial charge in [0.15, 0.2) is 0 Å². The molecule has 0 saturated heterocycles. The maximum absolute atomic E-state index is 5.65. The molecule has 0 aromatic heterocycles. The van der Waals surface area contributed by atoms with Crippen LogP contribution in [0.15, 0.2) is 60.7 Å². The van der Waals surface area contributed by atoms with Crippen molar-refractivity contribution in [3.63, 3.8) is 0 Å². The molecule has 177 valence electrons. The Labute approximate surface area is 216 Å². The van der Waals surface area contributed by atoms with Crippen molar-refractivity contribution in [3.8, 4) is 0 Å². The molecule has 0 heterocycles. The van der Waals surface area contributed by atoms with E-state index in [-0.39, 0.29) is 0 Å². The van der Waals surface area contributed by atoms with Crippen LogP contribution in [0.4, 0.5) is 0 Å². The molecule has 0 unspecified atom stereocenters. The molecule has 0 saturated carbocycles. The van der Waals surface area contributed by atoms with Gasteiger partial charge in [0.2, 0.25) is 0 Å². The van der Waals surface area contributed by atoms with Gasteiger partial charge in [-0.15, -0.1) is 56.9 Å². The van der Waals surface area contributed by atoms with Crippen molar-refractivity contribution in [1.29, 1.82) is 0 Å². The topological polar surface area (TPSA) is 0 Å². The van der Waals surface area contributed by atoms with Crippen molar-refractivity contribution in [3.05, 3.63) is 82.9 Å². The summed E-state index contributed by atoms with van der Waals surface area (Å²) in [5, 5.41) is 5.78. The Morgan fingerprint density at radius 1 is 0.636 bits per heavy atom. The van der Waals surface area contributed by atoms with Crippen molar-refractivity contribution in [2.45, 2.75) is 72.8 Å². The molecule has 33 heavy (non-hydrogen) atoms. The molecule has 0 spiro atoms. The summed E-state index contributed by atoms with van der Waals surface area (Å²) in [5.41, 5.74) is 5.88. The van der Waals surface area contributed by atoms with Gasteiger partial charge in [-0.3, -0.25) is 0 Å². The Morgan fingerprint density at radius 3 is 1.33 bits per heavy atom. The van der Waals surface area contributed by atoms with Crippen LogP contribution in [-0.2, 0) is 43.4 Å². The molecule has 0 aliphatic heterocycles. The number of hydrogen-bond donors (Lipinski definition) is 0. The smallest absolute Gasteiger partial charge is 0.0397 e. The molecule has 0 nitrogen and oxygen atoms in total. The summed E-state index contributed by atoms with van der Waals surface area (Å²) >= 11 is -1.80. The number of rotatable bonds is 6. The van der Waals surface area contributed by atoms with E-state index in [4.69, 9.17) is 17.2 Å². The van der Waals surface area contributed by atoms with E-state index < -0.39 is 17.7 Å². The summed E-state index contributed by atoms with van der Waals surface area (Å²) in [7, 11) is 11.3. The summed E-state index contributed by atoms with van der Waals surface area (Å²) in [5.74, 6) is 0. The second-order valence-electron chi connectivity index (χ2n) is 8.08. The minimum absolute atomic E-state index is 0.932. The van der Waals surface area contributed by atoms with Crippen LogP contribution < -0.4 is 0 Å². The molecule has 0 aliphatic carbocycles. The Morgan fingerprint density at radius 2 is 1.03 bits per heavy atom. The van der Waals surface area contributed by atoms with E-state index in [1.165, 1.54) is 56.3 Å². The van der Waals surface area contributed by atoms with Crippen LogP contribution >= 0.6 is 17.2 Å². The third kappa shape index (κ3) is 8.20. The van der Waals surface area contributed by atoms with Crippen LogP contribution in [0, 0.1) is 0 Å². The molecule has 4 heteroatoms. The Balaban J connectivity index is 0.000000185. The maximum atomic E-state index is 5.65. The average molecular weight is 663 g/mol. The van der Waals surface area contributed by atoms with Crippen LogP contribution in [-0.4, -0.2) is 6.22 Å². The fraction of sp³-hybridized carbons (Fsp3) is 0.379.